The second kappa shape index (κ2) is 9.41. The van der Waals surface area contributed by atoms with E-state index in [1.807, 2.05) is 36.7 Å². The van der Waals surface area contributed by atoms with Crippen molar-refractivity contribution in [3.8, 4) is 22.6 Å². The fourth-order valence-electron chi connectivity index (χ4n) is 4.23. The summed E-state index contributed by atoms with van der Waals surface area (Å²) >= 11 is 3.50. The smallest absolute Gasteiger partial charge is 0.227 e. The summed E-state index contributed by atoms with van der Waals surface area (Å²) in [5.74, 6) is 0.240. The first-order valence-corrected chi connectivity index (χ1v) is 11.7. The summed E-state index contributed by atoms with van der Waals surface area (Å²) in [6, 6.07) is 16.6. The van der Waals surface area contributed by atoms with Crippen LogP contribution in [0.4, 0.5) is 16.0 Å². The lowest BCUT2D eigenvalue weighted by Gasteiger charge is -2.30. The number of halogens is 2. The molecule has 4 aromatic rings. The Labute approximate surface area is 200 Å². The first-order valence-electron chi connectivity index (χ1n) is 10.9. The molecule has 0 aliphatic carbocycles. The SMILES string of the molecule is CN1CCC(n2cnc(-c3ccc(F)cc3)c2-c2ccnc(Nc3cccc(Br)c3)n2)CC1. The molecule has 0 atom stereocenters. The van der Waals surface area contributed by atoms with E-state index in [4.69, 9.17) is 9.97 Å². The number of rotatable bonds is 5. The average Bonchev–Trinajstić information content (AvgIpc) is 3.25. The number of piperidine rings is 1. The third kappa shape index (κ3) is 4.82. The lowest BCUT2D eigenvalue weighted by atomic mass is 10.0. The molecule has 0 radical (unpaired) electrons. The second-order valence-corrected chi connectivity index (χ2v) is 9.21. The molecule has 0 unspecified atom stereocenters. The van der Waals surface area contributed by atoms with Crippen LogP contribution >= 0.6 is 15.9 Å². The molecule has 1 saturated heterocycles. The van der Waals surface area contributed by atoms with Crippen molar-refractivity contribution in [2.45, 2.75) is 18.9 Å². The van der Waals surface area contributed by atoms with Crippen molar-refractivity contribution >= 4 is 27.6 Å². The summed E-state index contributed by atoms with van der Waals surface area (Å²) in [4.78, 5) is 16.3. The molecule has 2 aromatic heterocycles. The van der Waals surface area contributed by atoms with Crippen LogP contribution in [0.5, 0.6) is 0 Å². The van der Waals surface area contributed by atoms with Crippen molar-refractivity contribution in [2.24, 2.45) is 0 Å². The van der Waals surface area contributed by atoms with E-state index in [1.165, 1.54) is 12.1 Å². The highest BCUT2D eigenvalue weighted by Crippen LogP contribution is 2.35. The zero-order chi connectivity index (χ0) is 22.8. The maximum absolute atomic E-state index is 13.6. The fraction of sp³-hybridized carbons (Fsp3) is 0.240. The summed E-state index contributed by atoms with van der Waals surface area (Å²) in [5.41, 5.74) is 4.25. The molecule has 8 heteroatoms. The van der Waals surface area contributed by atoms with Crippen LogP contribution in [0.2, 0.25) is 0 Å². The lowest BCUT2D eigenvalue weighted by molar-refractivity contribution is 0.222. The normalized spacial score (nSPS) is 15.0. The quantitative estimate of drug-likeness (QED) is 0.364. The first kappa shape index (κ1) is 21.7. The number of hydrogen-bond acceptors (Lipinski definition) is 5. The van der Waals surface area contributed by atoms with Crippen LogP contribution in [0.25, 0.3) is 22.6 Å². The van der Waals surface area contributed by atoms with Gasteiger partial charge in [-0.3, -0.25) is 0 Å². The maximum atomic E-state index is 13.6. The zero-order valence-corrected chi connectivity index (χ0v) is 19.8. The molecule has 33 heavy (non-hydrogen) atoms. The van der Waals surface area contributed by atoms with Crippen LogP contribution in [0.3, 0.4) is 0 Å². The minimum absolute atomic E-state index is 0.266. The molecular weight excluding hydrogens is 483 g/mol. The maximum Gasteiger partial charge on any atom is 0.227 e. The highest BCUT2D eigenvalue weighted by molar-refractivity contribution is 9.10. The molecule has 5 rings (SSSR count). The largest absolute Gasteiger partial charge is 0.326 e. The summed E-state index contributed by atoms with van der Waals surface area (Å²) in [7, 11) is 2.15. The van der Waals surface area contributed by atoms with E-state index < -0.39 is 0 Å². The summed E-state index contributed by atoms with van der Waals surface area (Å²) < 4.78 is 16.8. The molecular formula is C25H24BrFN6. The van der Waals surface area contributed by atoms with Gasteiger partial charge < -0.3 is 14.8 Å². The molecule has 3 heterocycles. The van der Waals surface area contributed by atoms with Gasteiger partial charge in [0.05, 0.1) is 23.4 Å². The highest BCUT2D eigenvalue weighted by atomic mass is 79.9. The lowest BCUT2D eigenvalue weighted by Crippen LogP contribution is -2.31. The molecule has 0 bridgehead atoms. The van der Waals surface area contributed by atoms with E-state index in [0.717, 1.165) is 58.7 Å². The zero-order valence-electron chi connectivity index (χ0n) is 18.2. The third-order valence-corrected chi connectivity index (χ3v) is 6.47. The number of hydrogen-bond donors (Lipinski definition) is 1. The Morgan fingerprint density at radius 2 is 1.82 bits per heavy atom. The van der Waals surface area contributed by atoms with E-state index in [0.29, 0.717) is 12.0 Å². The number of nitrogens with one attached hydrogen (secondary N) is 1. The Hall–Kier alpha value is -3.10. The van der Waals surface area contributed by atoms with Gasteiger partial charge >= 0.3 is 0 Å². The van der Waals surface area contributed by atoms with Gasteiger partial charge in [0.2, 0.25) is 5.95 Å². The van der Waals surface area contributed by atoms with Crippen molar-refractivity contribution in [1.29, 1.82) is 0 Å². The molecule has 1 aliphatic heterocycles. The standard InChI is InChI=1S/C25H24BrFN6/c1-32-13-10-21(11-14-32)33-16-29-23(17-5-7-19(27)8-6-17)24(33)22-9-12-28-25(31-22)30-20-4-2-3-18(26)15-20/h2-9,12,15-16,21H,10-11,13-14H2,1H3,(H,28,30,31). The highest BCUT2D eigenvalue weighted by Gasteiger charge is 2.25. The summed E-state index contributed by atoms with van der Waals surface area (Å²) in [5, 5.41) is 3.28. The molecule has 1 N–H and O–H groups in total. The molecule has 6 nitrogen and oxygen atoms in total. The summed E-state index contributed by atoms with van der Waals surface area (Å²) in [6.07, 6.45) is 5.73. The van der Waals surface area contributed by atoms with Crippen LogP contribution < -0.4 is 5.32 Å². The Balaban J connectivity index is 1.56. The Morgan fingerprint density at radius 1 is 1.03 bits per heavy atom. The average molecular weight is 507 g/mol. The van der Waals surface area contributed by atoms with E-state index in [1.54, 1.807) is 18.3 Å². The van der Waals surface area contributed by atoms with Crippen molar-refractivity contribution < 1.29 is 4.39 Å². The van der Waals surface area contributed by atoms with E-state index >= 15 is 0 Å². The van der Waals surface area contributed by atoms with Gasteiger partial charge in [-0.05, 0) is 81.5 Å². The van der Waals surface area contributed by atoms with Gasteiger partial charge in [-0.2, -0.15) is 0 Å². The molecule has 1 aliphatic rings. The number of benzene rings is 2. The van der Waals surface area contributed by atoms with Crippen molar-refractivity contribution in [3.63, 3.8) is 0 Å². The number of likely N-dealkylation sites (tertiary alicyclic amines) is 1. The van der Waals surface area contributed by atoms with Crippen LogP contribution in [0, 0.1) is 5.82 Å². The molecule has 168 valence electrons. The predicted molar refractivity (Wildman–Crippen MR) is 132 cm³/mol. The van der Waals surface area contributed by atoms with Gasteiger partial charge in [0.1, 0.15) is 5.82 Å². The fourth-order valence-corrected chi connectivity index (χ4v) is 4.63. The van der Waals surface area contributed by atoms with Gasteiger partial charge in [-0.25, -0.2) is 19.3 Å². The van der Waals surface area contributed by atoms with E-state index in [2.05, 4.69) is 42.7 Å². The minimum Gasteiger partial charge on any atom is -0.326 e. The molecule has 2 aromatic carbocycles. The van der Waals surface area contributed by atoms with E-state index in [-0.39, 0.29) is 5.82 Å². The van der Waals surface area contributed by atoms with Crippen LogP contribution in [-0.4, -0.2) is 44.6 Å². The Morgan fingerprint density at radius 3 is 2.58 bits per heavy atom. The summed E-state index contributed by atoms with van der Waals surface area (Å²) in [6.45, 7) is 2.07. The van der Waals surface area contributed by atoms with Crippen molar-refractivity contribution in [3.05, 3.63) is 77.4 Å². The first-order chi connectivity index (χ1) is 16.1. The monoisotopic (exact) mass is 506 g/mol. The number of nitrogens with zero attached hydrogens (tertiary/aromatic N) is 5. The number of imidazole rings is 1. The number of aromatic nitrogens is 4. The molecule has 0 saturated carbocycles. The van der Waals surface area contributed by atoms with Gasteiger partial charge in [0.25, 0.3) is 0 Å². The van der Waals surface area contributed by atoms with Crippen LogP contribution in [0.1, 0.15) is 18.9 Å². The predicted octanol–water partition coefficient (Wildman–Crippen LogP) is 5.92. The van der Waals surface area contributed by atoms with Gasteiger partial charge in [0.15, 0.2) is 0 Å². The number of anilines is 2. The topological polar surface area (TPSA) is 58.9 Å². The van der Waals surface area contributed by atoms with Crippen molar-refractivity contribution in [2.75, 3.05) is 25.5 Å². The molecule has 0 spiro atoms. The Bertz CT molecular complexity index is 1250. The molecule has 0 amide bonds. The van der Waals surface area contributed by atoms with Crippen LogP contribution in [-0.2, 0) is 0 Å². The molecule has 1 fully saturated rings. The van der Waals surface area contributed by atoms with Gasteiger partial charge in [0, 0.05) is 28.0 Å². The third-order valence-electron chi connectivity index (χ3n) is 5.97. The van der Waals surface area contributed by atoms with Gasteiger partial charge in [-0.1, -0.05) is 22.0 Å². The minimum atomic E-state index is -0.266. The van der Waals surface area contributed by atoms with Crippen molar-refractivity contribution in [1.82, 2.24) is 24.4 Å². The second-order valence-electron chi connectivity index (χ2n) is 8.29. The van der Waals surface area contributed by atoms with Crippen LogP contribution in [0.15, 0.2) is 71.6 Å². The van der Waals surface area contributed by atoms with E-state index in [9.17, 15) is 4.39 Å². The Kier molecular flexibility index (Phi) is 6.20. The van der Waals surface area contributed by atoms with Gasteiger partial charge in [-0.15, -0.1) is 0 Å².